The third-order valence-corrected chi connectivity index (χ3v) is 6.44. The van der Waals surface area contributed by atoms with Crippen LogP contribution in [-0.2, 0) is 6.54 Å². The molecule has 0 atom stereocenters. The summed E-state index contributed by atoms with van der Waals surface area (Å²) < 4.78 is 6.92. The molecular weight excluding hydrogens is 464 g/mol. The summed E-state index contributed by atoms with van der Waals surface area (Å²) in [4.78, 5) is 6.98. The number of aromatic nitrogens is 3. The first kappa shape index (κ1) is 24.0. The summed E-state index contributed by atoms with van der Waals surface area (Å²) in [6.45, 7) is 4.33. The molecule has 0 radical (unpaired) electrons. The van der Waals surface area contributed by atoms with Crippen LogP contribution in [0.5, 0.6) is 5.75 Å². The van der Waals surface area contributed by atoms with E-state index in [0.717, 1.165) is 65.5 Å². The maximum Gasteiger partial charge on any atom is 0.128 e. The lowest BCUT2D eigenvalue weighted by molar-refractivity contribution is 0.414. The zero-order chi connectivity index (χ0) is 25.6. The van der Waals surface area contributed by atoms with E-state index in [1.807, 2.05) is 61.1 Å². The molecule has 3 N–H and O–H groups in total. The van der Waals surface area contributed by atoms with Gasteiger partial charge >= 0.3 is 0 Å². The van der Waals surface area contributed by atoms with Crippen LogP contribution in [0.1, 0.15) is 16.7 Å². The molecule has 1 saturated heterocycles. The van der Waals surface area contributed by atoms with Crippen LogP contribution in [-0.4, -0.2) is 54.1 Å². The fourth-order valence-electron chi connectivity index (χ4n) is 4.44. The van der Waals surface area contributed by atoms with Gasteiger partial charge in [-0.1, -0.05) is 12.1 Å². The van der Waals surface area contributed by atoms with Gasteiger partial charge in [0.1, 0.15) is 17.6 Å². The standard InChI is InChI=1S/C28H28N8O/c1-37-25-5-2-20(3-6-25)15-32-16-23(13-29)22-12-26(28-24(14-30)18-34-36(28)19-22)21-4-7-27(33-17-21)35-10-8-31-9-11-35/h2-7,12-13,16-19,29,31-32H,8-11,15H2,1H3/b23-16+,29-13?. The van der Waals surface area contributed by atoms with E-state index in [2.05, 4.69) is 26.7 Å². The van der Waals surface area contributed by atoms with Gasteiger partial charge in [0.15, 0.2) is 0 Å². The molecule has 0 unspecified atom stereocenters. The lowest BCUT2D eigenvalue weighted by Gasteiger charge is -2.28. The van der Waals surface area contributed by atoms with Crippen molar-refractivity contribution in [3.05, 3.63) is 83.9 Å². The molecule has 3 aromatic heterocycles. The van der Waals surface area contributed by atoms with Crippen LogP contribution in [0.3, 0.4) is 0 Å². The topological polar surface area (TPSA) is 114 Å². The van der Waals surface area contributed by atoms with E-state index < -0.39 is 0 Å². The molecule has 4 heterocycles. The number of hydrogen-bond donors (Lipinski definition) is 3. The highest BCUT2D eigenvalue weighted by Crippen LogP contribution is 2.30. The van der Waals surface area contributed by atoms with Crippen molar-refractivity contribution in [1.82, 2.24) is 25.2 Å². The van der Waals surface area contributed by atoms with Gasteiger partial charge in [0, 0.05) is 79.8 Å². The Morgan fingerprint density at radius 2 is 2.00 bits per heavy atom. The predicted octanol–water partition coefficient (Wildman–Crippen LogP) is 3.47. The summed E-state index contributed by atoms with van der Waals surface area (Å²) in [5, 5.41) is 28.8. The number of nitrogens with zero attached hydrogens (tertiary/aromatic N) is 5. The van der Waals surface area contributed by atoms with Gasteiger partial charge in [0.2, 0.25) is 0 Å². The normalized spacial score (nSPS) is 13.8. The van der Waals surface area contributed by atoms with E-state index in [1.165, 1.54) is 6.21 Å². The van der Waals surface area contributed by atoms with Crippen LogP contribution < -0.4 is 20.3 Å². The molecule has 1 fully saturated rings. The number of benzene rings is 1. The first-order valence-corrected chi connectivity index (χ1v) is 12.1. The minimum Gasteiger partial charge on any atom is -0.497 e. The molecule has 37 heavy (non-hydrogen) atoms. The van der Waals surface area contributed by atoms with Gasteiger partial charge in [-0.2, -0.15) is 10.4 Å². The zero-order valence-corrected chi connectivity index (χ0v) is 20.6. The van der Waals surface area contributed by atoms with E-state index in [1.54, 1.807) is 17.8 Å². The number of pyridine rings is 2. The van der Waals surface area contributed by atoms with Crippen molar-refractivity contribution in [2.75, 3.05) is 38.2 Å². The number of hydrogen-bond acceptors (Lipinski definition) is 8. The molecule has 9 nitrogen and oxygen atoms in total. The maximum atomic E-state index is 9.70. The number of piperazine rings is 1. The Morgan fingerprint density at radius 3 is 2.68 bits per heavy atom. The van der Waals surface area contributed by atoms with Crippen molar-refractivity contribution in [2.45, 2.75) is 6.54 Å². The van der Waals surface area contributed by atoms with E-state index >= 15 is 0 Å². The Balaban J connectivity index is 1.46. The van der Waals surface area contributed by atoms with Crippen molar-refractivity contribution >= 4 is 23.1 Å². The number of anilines is 1. The summed E-state index contributed by atoms with van der Waals surface area (Å²) in [7, 11) is 1.65. The fraction of sp³-hybridized carbons (Fsp3) is 0.214. The van der Waals surface area contributed by atoms with Gasteiger partial charge in [0.05, 0.1) is 24.4 Å². The van der Waals surface area contributed by atoms with Crippen LogP contribution >= 0.6 is 0 Å². The Bertz CT molecular complexity index is 1460. The van der Waals surface area contributed by atoms with Gasteiger partial charge in [-0.05, 0) is 35.9 Å². The Hall–Kier alpha value is -4.68. The van der Waals surface area contributed by atoms with Gasteiger partial charge in [-0.3, -0.25) is 0 Å². The first-order chi connectivity index (χ1) is 18.2. The number of fused-ring (bicyclic) bond motifs is 1. The van der Waals surface area contributed by atoms with E-state index in [0.29, 0.717) is 17.7 Å². The summed E-state index contributed by atoms with van der Waals surface area (Å²) in [5.41, 5.74) is 5.53. The summed E-state index contributed by atoms with van der Waals surface area (Å²) in [5.74, 6) is 1.75. The van der Waals surface area contributed by atoms with Crippen molar-refractivity contribution in [3.63, 3.8) is 0 Å². The van der Waals surface area contributed by atoms with Gasteiger partial charge < -0.3 is 25.7 Å². The molecule has 0 spiro atoms. The minimum atomic E-state index is 0.491. The third-order valence-electron chi connectivity index (χ3n) is 6.44. The molecule has 1 aliphatic heterocycles. The Morgan fingerprint density at radius 1 is 1.19 bits per heavy atom. The molecule has 4 aromatic rings. The third kappa shape index (κ3) is 5.15. The zero-order valence-electron chi connectivity index (χ0n) is 20.6. The largest absolute Gasteiger partial charge is 0.497 e. The second-order valence-electron chi connectivity index (χ2n) is 8.72. The summed E-state index contributed by atoms with van der Waals surface area (Å²) in [6, 6.07) is 16.1. The van der Waals surface area contributed by atoms with Crippen molar-refractivity contribution in [3.8, 4) is 22.9 Å². The van der Waals surface area contributed by atoms with Gasteiger partial charge in [0.25, 0.3) is 0 Å². The van der Waals surface area contributed by atoms with Crippen LogP contribution in [0.2, 0.25) is 0 Å². The molecule has 1 aliphatic rings. The van der Waals surface area contributed by atoms with Crippen LogP contribution in [0.25, 0.3) is 22.2 Å². The second kappa shape index (κ2) is 10.9. The Kier molecular flexibility index (Phi) is 7.10. The van der Waals surface area contributed by atoms with Crippen LogP contribution in [0.15, 0.2) is 67.3 Å². The van der Waals surface area contributed by atoms with E-state index in [-0.39, 0.29) is 0 Å². The molecule has 9 heteroatoms. The molecule has 186 valence electrons. The summed E-state index contributed by atoms with van der Waals surface area (Å²) >= 11 is 0. The highest BCUT2D eigenvalue weighted by Gasteiger charge is 2.16. The molecule has 0 amide bonds. The lowest BCUT2D eigenvalue weighted by Crippen LogP contribution is -2.43. The van der Waals surface area contributed by atoms with Gasteiger partial charge in [-0.15, -0.1) is 0 Å². The van der Waals surface area contributed by atoms with Crippen molar-refractivity contribution in [2.24, 2.45) is 0 Å². The molecule has 0 bridgehead atoms. The Labute approximate surface area is 215 Å². The maximum absolute atomic E-state index is 9.70. The molecule has 0 aliphatic carbocycles. The number of ether oxygens (including phenoxy) is 1. The average Bonchev–Trinajstić information content (AvgIpc) is 3.39. The number of nitrogens with one attached hydrogen (secondary N) is 3. The number of nitriles is 1. The number of methoxy groups -OCH3 is 1. The highest BCUT2D eigenvalue weighted by molar-refractivity contribution is 6.08. The highest BCUT2D eigenvalue weighted by atomic mass is 16.5. The first-order valence-electron chi connectivity index (χ1n) is 12.1. The second-order valence-corrected chi connectivity index (χ2v) is 8.72. The van der Waals surface area contributed by atoms with Crippen LogP contribution in [0.4, 0.5) is 5.82 Å². The van der Waals surface area contributed by atoms with E-state index in [4.69, 9.17) is 15.1 Å². The fourth-order valence-corrected chi connectivity index (χ4v) is 4.44. The molecular formula is C28H28N8O. The molecule has 0 saturated carbocycles. The molecule has 5 rings (SSSR count). The quantitative estimate of drug-likeness (QED) is 0.323. The van der Waals surface area contributed by atoms with E-state index in [9.17, 15) is 5.26 Å². The number of rotatable bonds is 8. The van der Waals surface area contributed by atoms with Crippen molar-refractivity contribution < 1.29 is 4.74 Å². The smallest absolute Gasteiger partial charge is 0.128 e. The van der Waals surface area contributed by atoms with Crippen LogP contribution in [0, 0.1) is 16.7 Å². The predicted molar refractivity (Wildman–Crippen MR) is 145 cm³/mol. The molecule has 1 aromatic carbocycles. The van der Waals surface area contributed by atoms with Gasteiger partial charge in [-0.25, -0.2) is 9.50 Å². The average molecular weight is 493 g/mol. The summed E-state index contributed by atoms with van der Waals surface area (Å²) in [6.07, 6.45) is 8.39. The SMILES string of the molecule is COc1ccc(CN/C=C(\C=N)c2cc(-c3ccc(N4CCNCC4)nc3)c3c(C#N)cnn3c2)cc1. The monoisotopic (exact) mass is 492 g/mol. The van der Waals surface area contributed by atoms with Crippen molar-refractivity contribution in [1.29, 1.82) is 10.7 Å². The lowest BCUT2D eigenvalue weighted by atomic mass is 10.0. The number of allylic oxidation sites excluding steroid dienone is 1. The minimum absolute atomic E-state index is 0.491.